The molecule has 0 aliphatic carbocycles. The number of carbonyl (C=O) groups excluding carboxylic acids is 3. The van der Waals surface area contributed by atoms with Gasteiger partial charge in [-0.05, 0) is 70.4 Å². The normalized spacial score (nSPS) is 29.4. The fourth-order valence-electron chi connectivity index (χ4n) is 7.20. The number of aliphatic hydroxyl groups excluding tert-OH is 1. The molecule has 208 valence electrons. The van der Waals surface area contributed by atoms with Gasteiger partial charge in [0.2, 0.25) is 5.91 Å². The first-order valence-electron chi connectivity index (χ1n) is 14.0. The van der Waals surface area contributed by atoms with Gasteiger partial charge < -0.3 is 24.4 Å². The number of esters is 1. The van der Waals surface area contributed by atoms with E-state index in [-0.39, 0.29) is 31.6 Å². The van der Waals surface area contributed by atoms with E-state index in [1.54, 1.807) is 22.8 Å². The summed E-state index contributed by atoms with van der Waals surface area (Å²) in [6, 6.07) is 5.04. The number of carbonyl (C=O) groups is 3. The number of para-hydroxylation sites is 1. The van der Waals surface area contributed by atoms with Crippen molar-refractivity contribution in [1.29, 1.82) is 0 Å². The summed E-state index contributed by atoms with van der Waals surface area (Å²) in [5.41, 5.74) is 0.827. The fourth-order valence-corrected chi connectivity index (χ4v) is 7.20. The van der Waals surface area contributed by atoms with Gasteiger partial charge in [0.25, 0.3) is 5.91 Å². The molecule has 3 heterocycles. The van der Waals surface area contributed by atoms with E-state index in [1.807, 2.05) is 39.0 Å². The number of hydrogen-bond donors (Lipinski definition) is 1. The summed E-state index contributed by atoms with van der Waals surface area (Å²) in [5.74, 6) is -2.33. The highest BCUT2D eigenvalue weighted by Gasteiger charge is 2.79. The number of rotatable bonds is 12. The number of anilines is 1. The van der Waals surface area contributed by atoms with Crippen LogP contribution in [0.2, 0.25) is 0 Å². The number of hydrogen-bond acceptors (Lipinski definition) is 6. The maximum absolute atomic E-state index is 14.7. The number of unbranched alkanes of at least 4 members (excludes halogenated alkanes) is 2. The molecule has 1 aromatic rings. The molecule has 8 nitrogen and oxygen atoms in total. The van der Waals surface area contributed by atoms with E-state index >= 15 is 0 Å². The second kappa shape index (κ2) is 11.2. The highest BCUT2D eigenvalue weighted by molar-refractivity contribution is 6.05. The molecule has 1 aromatic carbocycles. The summed E-state index contributed by atoms with van der Waals surface area (Å²) in [7, 11) is 0. The van der Waals surface area contributed by atoms with E-state index < -0.39 is 35.0 Å². The van der Waals surface area contributed by atoms with Crippen molar-refractivity contribution in [3.63, 3.8) is 0 Å². The Bertz CT molecular complexity index is 1070. The standard InChI is InChI=1S/C30H42N2O6/c1-6-17-31(24-20(4)13-12-14-21(24)5)27(35)25-30-16-15-29(7-2,38-30)23(28(36)37-8-3)22(30)26(34)32(25)18-10-9-11-19-33/h6,12-14,22-23,25,33H,1,7-11,15-19H2,2-5H3/t22-,23+,25?,29-,30?/m0/s1. The van der Waals surface area contributed by atoms with Gasteiger partial charge in [0.05, 0.1) is 18.1 Å². The van der Waals surface area contributed by atoms with Crippen LogP contribution in [0.25, 0.3) is 0 Å². The molecular formula is C30H42N2O6. The van der Waals surface area contributed by atoms with Crippen molar-refractivity contribution in [2.45, 2.75) is 83.5 Å². The molecule has 8 heteroatoms. The van der Waals surface area contributed by atoms with Crippen LogP contribution in [0, 0.1) is 25.7 Å². The summed E-state index contributed by atoms with van der Waals surface area (Å²) in [4.78, 5) is 45.5. The van der Waals surface area contributed by atoms with E-state index in [1.165, 1.54) is 0 Å². The number of fused-ring (bicyclic) bond motifs is 1. The van der Waals surface area contributed by atoms with Gasteiger partial charge >= 0.3 is 5.97 Å². The molecule has 0 aromatic heterocycles. The Labute approximate surface area is 226 Å². The third-order valence-corrected chi connectivity index (χ3v) is 8.80. The third-order valence-electron chi connectivity index (χ3n) is 8.80. The summed E-state index contributed by atoms with van der Waals surface area (Å²) < 4.78 is 12.3. The van der Waals surface area contributed by atoms with Gasteiger partial charge in [0.15, 0.2) is 0 Å². The smallest absolute Gasteiger partial charge is 0.312 e. The minimum absolute atomic E-state index is 0.0790. The summed E-state index contributed by atoms with van der Waals surface area (Å²) >= 11 is 0. The van der Waals surface area contributed by atoms with Crippen LogP contribution in [0.3, 0.4) is 0 Å². The number of likely N-dealkylation sites (tertiary alicyclic amines) is 1. The van der Waals surface area contributed by atoms with Crippen LogP contribution < -0.4 is 4.90 Å². The largest absolute Gasteiger partial charge is 0.466 e. The molecule has 3 aliphatic heterocycles. The molecule has 0 radical (unpaired) electrons. The molecule has 5 atom stereocenters. The SMILES string of the molecule is C=CCN(C(=O)C1N(CCCCCO)C(=O)[C@@H]2[C@H](C(=O)OCC)[C@]3(CC)CCC12O3)c1c(C)cccc1C. The molecule has 0 saturated carbocycles. The Hall–Kier alpha value is -2.71. The molecule has 38 heavy (non-hydrogen) atoms. The van der Waals surface area contributed by atoms with Crippen LogP contribution in [0.5, 0.6) is 0 Å². The van der Waals surface area contributed by atoms with Crippen molar-refractivity contribution in [2.75, 3.05) is 31.2 Å². The summed E-state index contributed by atoms with van der Waals surface area (Å²) in [5, 5.41) is 9.26. The molecule has 2 amide bonds. The van der Waals surface area contributed by atoms with Crippen LogP contribution in [-0.2, 0) is 23.9 Å². The number of benzene rings is 1. The monoisotopic (exact) mass is 526 g/mol. The highest BCUT2D eigenvalue weighted by atomic mass is 16.6. The van der Waals surface area contributed by atoms with Crippen molar-refractivity contribution >= 4 is 23.5 Å². The van der Waals surface area contributed by atoms with Crippen molar-refractivity contribution < 1.29 is 29.0 Å². The van der Waals surface area contributed by atoms with Crippen LogP contribution >= 0.6 is 0 Å². The Balaban J connectivity index is 1.81. The van der Waals surface area contributed by atoms with Crippen LogP contribution in [0.15, 0.2) is 30.9 Å². The highest BCUT2D eigenvalue weighted by Crippen LogP contribution is 2.64. The topological polar surface area (TPSA) is 96.4 Å². The molecule has 2 unspecified atom stereocenters. The van der Waals surface area contributed by atoms with Crippen molar-refractivity contribution in [1.82, 2.24) is 4.90 Å². The van der Waals surface area contributed by atoms with Gasteiger partial charge in [-0.15, -0.1) is 6.58 Å². The van der Waals surface area contributed by atoms with Crippen molar-refractivity contribution in [3.05, 3.63) is 42.0 Å². The first-order chi connectivity index (χ1) is 18.2. The Morgan fingerprint density at radius 1 is 1.21 bits per heavy atom. The predicted molar refractivity (Wildman–Crippen MR) is 145 cm³/mol. The lowest BCUT2D eigenvalue weighted by Crippen LogP contribution is -2.56. The maximum atomic E-state index is 14.7. The average Bonchev–Trinajstić information content (AvgIpc) is 3.49. The first-order valence-corrected chi connectivity index (χ1v) is 14.0. The number of nitrogens with zero attached hydrogens (tertiary/aromatic N) is 2. The second-order valence-electron chi connectivity index (χ2n) is 10.9. The van der Waals surface area contributed by atoms with Gasteiger partial charge in [0.1, 0.15) is 17.6 Å². The zero-order valence-electron chi connectivity index (χ0n) is 23.2. The van der Waals surface area contributed by atoms with Gasteiger partial charge in [0, 0.05) is 25.4 Å². The maximum Gasteiger partial charge on any atom is 0.312 e. The Morgan fingerprint density at radius 2 is 1.92 bits per heavy atom. The second-order valence-corrected chi connectivity index (χ2v) is 10.9. The van der Waals surface area contributed by atoms with Crippen molar-refractivity contribution in [3.8, 4) is 0 Å². The molecular weight excluding hydrogens is 484 g/mol. The molecule has 2 bridgehead atoms. The lowest BCUT2D eigenvalue weighted by molar-refractivity contribution is -0.160. The predicted octanol–water partition coefficient (Wildman–Crippen LogP) is 3.70. The Kier molecular flexibility index (Phi) is 8.33. The van der Waals surface area contributed by atoms with E-state index in [9.17, 15) is 19.5 Å². The van der Waals surface area contributed by atoms with Crippen molar-refractivity contribution in [2.24, 2.45) is 11.8 Å². The Morgan fingerprint density at radius 3 is 2.53 bits per heavy atom. The van der Waals surface area contributed by atoms with E-state index in [0.29, 0.717) is 38.6 Å². The molecule has 3 fully saturated rings. The zero-order valence-corrected chi connectivity index (χ0v) is 23.2. The lowest BCUT2D eigenvalue weighted by Gasteiger charge is -2.37. The van der Waals surface area contributed by atoms with Gasteiger partial charge in [-0.1, -0.05) is 31.2 Å². The molecule has 3 aliphatic rings. The van der Waals surface area contributed by atoms with Crippen LogP contribution in [0.1, 0.15) is 63.5 Å². The summed E-state index contributed by atoms with van der Waals surface area (Å²) in [6.07, 6.45) is 5.39. The van der Waals surface area contributed by atoms with E-state index in [4.69, 9.17) is 9.47 Å². The minimum atomic E-state index is -1.09. The first kappa shape index (κ1) is 28.3. The van der Waals surface area contributed by atoms with Gasteiger partial charge in [-0.3, -0.25) is 14.4 Å². The lowest BCUT2D eigenvalue weighted by atomic mass is 9.65. The van der Waals surface area contributed by atoms with Crippen LogP contribution in [-0.4, -0.2) is 71.3 Å². The van der Waals surface area contributed by atoms with Crippen LogP contribution in [0.4, 0.5) is 5.69 Å². The minimum Gasteiger partial charge on any atom is -0.466 e. The fraction of sp³-hybridized carbons (Fsp3) is 0.633. The molecule has 3 saturated heterocycles. The summed E-state index contributed by atoms with van der Waals surface area (Å²) in [6.45, 7) is 12.5. The quantitative estimate of drug-likeness (QED) is 0.253. The third kappa shape index (κ3) is 4.35. The number of amides is 2. The van der Waals surface area contributed by atoms with Gasteiger partial charge in [-0.2, -0.15) is 0 Å². The molecule has 4 rings (SSSR count). The zero-order chi connectivity index (χ0) is 27.7. The number of ether oxygens (including phenoxy) is 2. The number of aryl methyl sites for hydroxylation is 2. The molecule has 1 spiro atoms. The van der Waals surface area contributed by atoms with E-state index in [0.717, 1.165) is 23.2 Å². The van der Waals surface area contributed by atoms with Gasteiger partial charge in [-0.25, -0.2) is 0 Å². The van der Waals surface area contributed by atoms with E-state index in [2.05, 4.69) is 6.58 Å². The average molecular weight is 527 g/mol. The molecule has 1 N–H and O–H groups in total. The number of aliphatic hydroxyl groups is 1.